The van der Waals surface area contributed by atoms with E-state index >= 15 is 0 Å². The van der Waals surface area contributed by atoms with Gasteiger partial charge in [0.05, 0.1) is 6.10 Å². The zero-order chi connectivity index (χ0) is 13.9. The van der Waals surface area contributed by atoms with E-state index in [1.165, 1.54) is 6.07 Å². The lowest BCUT2D eigenvalue weighted by Gasteiger charge is -2.25. The Kier molecular flexibility index (Phi) is 4.92. The van der Waals surface area contributed by atoms with E-state index in [4.69, 9.17) is 0 Å². The van der Waals surface area contributed by atoms with Gasteiger partial charge in [-0.15, -0.1) is 0 Å². The van der Waals surface area contributed by atoms with Crippen molar-refractivity contribution >= 4 is 0 Å². The topological polar surface area (TPSA) is 20.2 Å². The van der Waals surface area contributed by atoms with Gasteiger partial charge in [0.25, 0.3) is 0 Å². The molecule has 0 spiro atoms. The molecule has 0 radical (unpaired) electrons. The summed E-state index contributed by atoms with van der Waals surface area (Å²) in [6.45, 7) is 10.5. The van der Waals surface area contributed by atoms with Crippen LogP contribution in [-0.4, -0.2) is 5.11 Å². The van der Waals surface area contributed by atoms with Crippen LogP contribution in [0.2, 0.25) is 0 Å². The summed E-state index contributed by atoms with van der Waals surface area (Å²) in [5.74, 6) is 0.235. The quantitative estimate of drug-likeness (QED) is 0.828. The number of benzene rings is 1. The molecule has 1 aromatic carbocycles. The summed E-state index contributed by atoms with van der Waals surface area (Å²) in [6.07, 6.45) is 1.30. The molecule has 0 saturated heterocycles. The van der Waals surface area contributed by atoms with Crippen LogP contribution in [0.4, 0.5) is 4.39 Å². The molecule has 18 heavy (non-hydrogen) atoms. The lowest BCUT2D eigenvalue weighted by atomic mass is 9.82. The van der Waals surface area contributed by atoms with E-state index in [0.29, 0.717) is 11.5 Å². The lowest BCUT2D eigenvalue weighted by Crippen LogP contribution is -2.13. The maximum atomic E-state index is 13.2. The summed E-state index contributed by atoms with van der Waals surface area (Å²) in [5, 5.41) is 10.2. The summed E-state index contributed by atoms with van der Waals surface area (Å²) < 4.78 is 13.2. The Balaban J connectivity index is 2.64. The van der Waals surface area contributed by atoms with Gasteiger partial charge in [-0.3, -0.25) is 0 Å². The molecular formula is C16H25FO. The van der Waals surface area contributed by atoms with E-state index in [0.717, 1.165) is 18.4 Å². The first-order valence-electron chi connectivity index (χ1n) is 6.63. The molecule has 0 aliphatic carbocycles. The normalized spacial score (nSPS) is 15.5. The van der Waals surface area contributed by atoms with Gasteiger partial charge >= 0.3 is 0 Å². The average molecular weight is 252 g/mol. The Hall–Kier alpha value is -0.890. The van der Waals surface area contributed by atoms with Crippen molar-refractivity contribution in [2.24, 2.45) is 11.3 Å². The molecule has 0 saturated carbocycles. The van der Waals surface area contributed by atoms with Gasteiger partial charge in [0.15, 0.2) is 0 Å². The molecule has 2 heteroatoms. The average Bonchev–Trinajstić information content (AvgIpc) is 2.18. The molecule has 1 nitrogen and oxygen atoms in total. The van der Waals surface area contributed by atoms with Gasteiger partial charge in [-0.2, -0.15) is 0 Å². The summed E-state index contributed by atoms with van der Waals surface area (Å²) in [6, 6.07) is 4.85. The van der Waals surface area contributed by atoms with Crippen LogP contribution in [0.3, 0.4) is 0 Å². The van der Waals surface area contributed by atoms with Crippen molar-refractivity contribution < 1.29 is 9.50 Å². The SMILES string of the molecule is Cc1cc(C(O)CC(C)CC(C)(C)C)ccc1F. The molecule has 102 valence electrons. The number of hydrogen-bond acceptors (Lipinski definition) is 1. The van der Waals surface area contributed by atoms with Gasteiger partial charge in [0, 0.05) is 0 Å². The third kappa shape index (κ3) is 4.77. The van der Waals surface area contributed by atoms with E-state index in [9.17, 15) is 9.50 Å². The number of halogens is 1. The highest BCUT2D eigenvalue weighted by Crippen LogP contribution is 2.30. The number of aliphatic hydroxyl groups excluding tert-OH is 1. The Labute approximate surface area is 110 Å². The summed E-state index contributed by atoms with van der Waals surface area (Å²) >= 11 is 0. The van der Waals surface area contributed by atoms with Crippen LogP contribution in [0.5, 0.6) is 0 Å². The molecule has 1 N–H and O–H groups in total. The van der Waals surface area contributed by atoms with Gasteiger partial charge in [0.1, 0.15) is 5.82 Å². The molecule has 2 unspecified atom stereocenters. The van der Waals surface area contributed by atoms with E-state index in [1.54, 1.807) is 19.1 Å². The van der Waals surface area contributed by atoms with E-state index in [2.05, 4.69) is 27.7 Å². The molecule has 0 amide bonds. The molecule has 1 rings (SSSR count). The first kappa shape index (κ1) is 15.2. The molecule has 0 bridgehead atoms. The zero-order valence-corrected chi connectivity index (χ0v) is 12.1. The van der Waals surface area contributed by atoms with E-state index < -0.39 is 6.10 Å². The van der Waals surface area contributed by atoms with Crippen molar-refractivity contribution in [3.05, 3.63) is 35.1 Å². The van der Waals surface area contributed by atoms with Crippen molar-refractivity contribution in [2.75, 3.05) is 0 Å². The van der Waals surface area contributed by atoms with Gasteiger partial charge < -0.3 is 5.11 Å². The largest absolute Gasteiger partial charge is 0.388 e. The van der Waals surface area contributed by atoms with Crippen LogP contribution in [0, 0.1) is 24.1 Å². The Morgan fingerprint density at radius 1 is 1.28 bits per heavy atom. The van der Waals surface area contributed by atoms with Crippen LogP contribution >= 0.6 is 0 Å². The highest BCUT2D eigenvalue weighted by atomic mass is 19.1. The zero-order valence-electron chi connectivity index (χ0n) is 12.1. The fourth-order valence-corrected chi connectivity index (χ4v) is 2.52. The Morgan fingerprint density at radius 3 is 2.39 bits per heavy atom. The van der Waals surface area contributed by atoms with Crippen molar-refractivity contribution in [3.63, 3.8) is 0 Å². The van der Waals surface area contributed by atoms with Crippen molar-refractivity contribution in [1.29, 1.82) is 0 Å². The minimum absolute atomic E-state index is 0.214. The Morgan fingerprint density at radius 2 is 1.89 bits per heavy atom. The second-order valence-electron chi connectivity index (χ2n) is 6.63. The fraction of sp³-hybridized carbons (Fsp3) is 0.625. The summed E-state index contributed by atoms with van der Waals surface area (Å²) in [5.41, 5.74) is 1.68. The minimum atomic E-state index is -0.498. The first-order chi connectivity index (χ1) is 8.19. The van der Waals surface area contributed by atoms with Crippen LogP contribution in [0.1, 0.15) is 57.8 Å². The molecule has 2 atom stereocenters. The van der Waals surface area contributed by atoms with Crippen LogP contribution in [0.25, 0.3) is 0 Å². The van der Waals surface area contributed by atoms with Gasteiger partial charge in [0.2, 0.25) is 0 Å². The molecular weight excluding hydrogens is 227 g/mol. The number of hydrogen-bond donors (Lipinski definition) is 1. The number of aliphatic hydroxyl groups is 1. The third-order valence-corrected chi connectivity index (χ3v) is 3.15. The van der Waals surface area contributed by atoms with E-state index in [1.807, 2.05) is 0 Å². The lowest BCUT2D eigenvalue weighted by molar-refractivity contribution is 0.134. The first-order valence-corrected chi connectivity index (χ1v) is 6.63. The van der Waals surface area contributed by atoms with Crippen molar-refractivity contribution in [2.45, 2.75) is 53.6 Å². The highest BCUT2D eigenvalue weighted by Gasteiger charge is 2.19. The third-order valence-electron chi connectivity index (χ3n) is 3.15. The maximum absolute atomic E-state index is 13.2. The summed E-state index contributed by atoms with van der Waals surface area (Å²) in [4.78, 5) is 0. The Bertz CT molecular complexity index is 393. The molecule has 0 aliphatic heterocycles. The summed E-state index contributed by atoms with van der Waals surface area (Å²) in [7, 11) is 0. The minimum Gasteiger partial charge on any atom is -0.388 e. The van der Waals surface area contributed by atoms with Crippen molar-refractivity contribution in [3.8, 4) is 0 Å². The van der Waals surface area contributed by atoms with Gasteiger partial charge in [-0.05, 0) is 48.3 Å². The van der Waals surface area contributed by atoms with Gasteiger partial charge in [-0.1, -0.05) is 39.8 Å². The van der Waals surface area contributed by atoms with Crippen LogP contribution < -0.4 is 0 Å². The molecule has 0 heterocycles. The number of rotatable bonds is 4. The monoisotopic (exact) mass is 252 g/mol. The van der Waals surface area contributed by atoms with Crippen LogP contribution in [0.15, 0.2) is 18.2 Å². The maximum Gasteiger partial charge on any atom is 0.126 e. The second kappa shape index (κ2) is 5.83. The molecule has 0 fully saturated rings. The molecule has 0 aromatic heterocycles. The van der Waals surface area contributed by atoms with Crippen molar-refractivity contribution in [1.82, 2.24) is 0 Å². The predicted octanol–water partition coefficient (Wildman–Crippen LogP) is 4.63. The van der Waals surface area contributed by atoms with Gasteiger partial charge in [-0.25, -0.2) is 4.39 Å². The highest BCUT2D eigenvalue weighted by molar-refractivity contribution is 5.25. The second-order valence-corrected chi connectivity index (χ2v) is 6.63. The molecule has 1 aromatic rings. The van der Waals surface area contributed by atoms with E-state index in [-0.39, 0.29) is 11.2 Å². The van der Waals surface area contributed by atoms with Crippen LogP contribution in [-0.2, 0) is 0 Å². The smallest absolute Gasteiger partial charge is 0.126 e. The fourth-order valence-electron chi connectivity index (χ4n) is 2.52. The number of aryl methyl sites for hydroxylation is 1. The standard InChI is InChI=1S/C16H25FO/c1-11(10-16(3,4)5)8-15(18)13-6-7-14(17)12(2)9-13/h6-7,9,11,15,18H,8,10H2,1-5H3. The predicted molar refractivity (Wildman–Crippen MR) is 73.9 cm³/mol. The molecule has 0 aliphatic rings.